The average molecular weight is 187 g/mol. The van der Waals surface area contributed by atoms with Crippen molar-refractivity contribution in [2.24, 2.45) is 0 Å². The fraction of sp³-hybridized carbons (Fsp3) is 0. The van der Waals surface area contributed by atoms with Gasteiger partial charge >= 0.3 is 0 Å². The van der Waals surface area contributed by atoms with Gasteiger partial charge in [0.2, 0.25) is 5.65 Å². The number of H-pyrrole nitrogens is 1. The van der Waals surface area contributed by atoms with Crippen molar-refractivity contribution in [1.82, 2.24) is 24.8 Å². The van der Waals surface area contributed by atoms with Crippen molar-refractivity contribution in [1.29, 1.82) is 0 Å². The Labute approximate surface area is 77.2 Å². The van der Waals surface area contributed by atoms with Crippen LogP contribution < -0.4 is 5.56 Å². The maximum Gasteiger partial charge on any atom is 0.288 e. The summed E-state index contributed by atoms with van der Waals surface area (Å²) in [5.74, 6) is 0. The first-order chi connectivity index (χ1) is 6.86. The summed E-state index contributed by atoms with van der Waals surface area (Å²) < 4.78 is 1.44. The molecule has 1 N–H and O–H groups in total. The molecule has 0 spiro atoms. The lowest BCUT2D eigenvalue weighted by Gasteiger charge is -1.96. The van der Waals surface area contributed by atoms with Gasteiger partial charge in [-0.05, 0) is 12.1 Å². The van der Waals surface area contributed by atoms with Crippen LogP contribution in [0.3, 0.4) is 0 Å². The Hall–Kier alpha value is -2.24. The Morgan fingerprint density at radius 1 is 1.29 bits per heavy atom. The molecule has 0 saturated heterocycles. The Balaban J connectivity index is 2.70. The monoisotopic (exact) mass is 187 g/mol. The summed E-state index contributed by atoms with van der Waals surface area (Å²) in [6.07, 6.45) is 1.65. The largest absolute Gasteiger partial charge is 0.288 e. The lowest BCUT2D eigenvalue weighted by atomic mass is 10.4. The number of rotatable bonds is 0. The number of pyridine rings is 1. The van der Waals surface area contributed by atoms with E-state index >= 15 is 0 Å². The molecule has 6 heteroatoms. The minimum atomic E-state index is -0.209. The highest BCUT2D eigenvalue weighted by Gasteiger charge is 2.07. The van der Waals surface area contributed by atoms with Crippen molar-refractivity contribution >= 4 is 16.8 Å². The molecule has 14 heavy (non-hydrogen) atoms. The summed E-state index contributed by atoms with van der Waals surface area (Å²) in [4.78, 5) is 15.9. The molecule has 0 fully saturated rings. The molecule has 0 aliphatic heterocycles. The molecular formula is C8H5N5O. The number of aromatic nitrogens is 5. The van der Waals surface area contributed by atoms with E-state index in [4.69, 9.17) is 0 Å². The van der Waals surface area contributed by atoms with Crippen molar-refractivity contribution in [3.05, 3.63) is 34.7 Å². The average Bonchev–Trinajstić information content (AvgIpc) is 2.66. The highest BCUT2D eigenvalue weighted by atomic mass is 16.1. The van der Waals surface area contributed by atoms with Gasteiger partial charge in [-0.3, -0.25) is 9.20 Å². The van der Waals surface area contributed by atoms with Gasteiger partial charge in [0, 0.05) is 6.20 Å². The topological polar surface area (TPSA) is 75.9 Å². The predicted octanol–water partition coefficient (Wildman–Crippen LogP) is -0.0342. The van der Waals surface area contributed by atoms with Crippen LogP contribution in [0.15, 0.2) is 29.2 Å². The lowest BCUT2D eigenvalue weighted by molar-refractivity contribution is 0.954. The summed E-state index contributed by atoms with van der Waals surface area (Å²) in [5.41, 5.74) is 0.966. The molecule has 0 aliphatic carbocycles. The van der Waals surface area contributed by atoms with Gasteiger partial charge < -0.3 is 0 Å². The molecule has 0 radical (unpaired) electrons. The molecule has 3 aromatic heterocycles. The van der Waals surface area contributed by atoms with E-state index in [1.165, 1.54) is 4.40 Å². The van der Waals surface area contributed by atoms with Crippen molar-refractivity contribution in [3.8, 4) is 0 Å². The van der Waals surface area contributed by atoms with Crippen LogP contribution in [0.2, 0.25) is 0 Å². The van der Waals surface area contributed by atoms with E-state index in [9.17, 15) is 4.79 Å². The second-order valence-corrected chi connectivity index (χ2v) is 2.84. The SMILES string of the molecule is O=c1c2n[nH]nc2nc2ccccn12. The zero-order valence-corrected chi connectivity index (χ0v) is 7.01. The molecular weight excluding hydrogens is 182 g/mol. The maximum absolute atomic E-state index is 11.7. The Morgan fingerprint density at radius 3 is 3.14 bits per heavy atom. The van der Waals surface area contributed by atoms with Gasteiger partial charge in [0.05, 0.1) is 0 Å². The highest BCUT2D eigenvalue weighted by molar-refractivity contribution is 5.70. The molecule has 3 aromatic rings. The van der Waals surface area contributed by atoms with Crippen LogP contribution in [0, 0.1) is 0 Å². The van der Waals surface area contributed by atoms with E-state index in [-0.39, 0.29) is 11.1 Å². The van der Waals surface area contributed by atoms with Crippen LogP contribution in [-0.4, -0.2) is 24.8 Å². The Bertz CT molecular complexity index is 668. The minimum Gasteiger partial charge on any atom is -0.266 e. The second kappa shape index (κ2) is 2.38. The van der Waals surface area contributed by atoms with Crippen molar-refractivity contribution in [3.63, 3.8) is 0 Å². The van der Waals surface area contributed by atoms with Gasteiger partial charge in [0.15, 0.2) is 5.52 Å². The van der Waals surface area contributed by atoms with E-state index in [0.29, 0.717) is 11.3 Å². The standard InChI is InChI=1S/C8H5N5O/c14-8-6-7(11-12-10-6)9-5-3-1-2-4-13(5)8/h1-4H,(H,10,11,12). The molecule has 3 rings (SSSR count). The molecule has 0 bridgehead atoms. The van der Waals surface area contributed by atoms with Crippen LogP contribution in [-0.2, 0) is 0 Å². The predicted molar refractivity (Wildman–Crippen MR) is 48.9 cm³/mol. The Kier molecular flexibility index (Phi) is 1.22. The number of nitrogens with one attached hydrogen (secondary N) is 1. The zero-order valence-electron chi connectivity index (χ0n) is 7.01. The van der Waals surface area contributed by atoms with Gasteiger partial charge in [-0.2, -0.15) is 5.21 Å². The first-order valence-electron chi connectivity index (χ1n) is 4.04. The summed E-state index contributed by atoms with van der Waals surface area (Å²) >= 11 is 0. The fourth-order valence-electron chi connectivity index (χ4n) is 1.37. The molecule has 0 unspecified atom stereocenters. The van der Waals surface area contributed by atoms with E-state index in [1.54, 1.807) is 18.3 Å². The number of nitrogens with zero attached hydrogens (tertiary/aromatic N) is 4. The lowest BCUT2D eigenvalue weighted by Crippen LogP contribution is -2.14. The van der Waals surface area contributed by atoms with E-state index in [2.05, 4.69) is 20.4 Å². The van der Waals surface area contributed by atoms with Gasteiger partial charge in [-0.1, -0.05) is 6.07 Å². The first kappa shape index (κ1) is 7.19. The van der Waals surface area contributed by atoms with E-state index < -0.39 is 0 Å². The number of hydrogen-bond acceptors (Lipinski definition) is 4. The first-order valence-corrected chi connectivity index (χ1v) is 4.04. The summed E-state index contributed by atoms with van der Waals surface area (Å²) in [6.45, 7) is 0. The molecule has 0 aliphatic rings. The maximum atomic E-state index is 11.7. The van der Waals surface area contributed by atoms with Crippen LogP contribution >= 0.6 is 0 Å². The quantitative estimate of drug-likeness (QED) is 0.536. The van der Waals surface area contributed by atoms with Crippen LogP contribution in [0.1, 0.15) is 0 Å². The number of fused-ring (bicyclic) bond motifs is 2. The zero-order chi connectivity index (χ0) is 9.54. The van der Waals surface area contributed by atoms with E-state index in [0.717, 1.165) is 0 Å². The molecule has 0 saturated carbocycles. The third kappa shape index (κ3) is 0.792. The van der Waals surface area contributed by atoms with E-state index in [1.807, 2.05) is 6.07 Å². The molecule has 68 valence electrons. The van der Waals surface area contributed by atoms with Crippen molar-refractivity contribution in [2.45, 2.75) is 0 Å². The Morgan fingerprint density at radius 2 is 2.21 bits per heavy atom. The molecule has 6 nitrogen and oxygen atoms in total. The second-order valence-electron chi connectivity index (χ2n) is 2.84. The van der Waals surface area contributed by atoms with Crippen LogP contribution in [0.4, 0.5) is 0 Å². The number of hydrogen-bond donors (Lipinski definition) is 1. The smallest absolute Gasteiger partial charge is 0.266 e. The van der Waals surface area contributed by atoms with Crippen molar-refractivity contribution in [2.75, 3.05) is 0 Å². The van der Waals surface area contributed by atoms with Gasteiger partial charge in [-0.15, -0.1) is 10.2 Å². The van der Waals surface area contributed by atoms with Gasteiger partial charge in [0.25, 0.3) is 5.56 Å². The van der Waals surface area contributed by atoms with Crippen LogP contribution in [0.5, 0.6) is 0 Å². The molecule has 0 aromatic carbocycles. The third-order valence-electron chi connectivity index (χ3n) is 2.01. The summed E-state index contributed by atoms with van der Waals surface area (Å²) in [6, 6.07) is 5.32. The molecule has 0 atom stereocenters. The third-order valence-corrected chi connectivity index (χ3v) is 2.01. The van der Waals surface area contributed by atoms with Gasteiger partial charge in [0.1, 0.15) is 5.65 Å². The van der Waals surface area contributed by atoms with Crippen LogP contribution in [0.25, 0.3) is 16.8 Å². The van der Waals surface area contributed by atoms with Crippen molar-refractivity contribution < 1.29 is 0 Å². The van der Waals surface area contributed by atoms with Gasteiger partial charge in [-0.25, -0.2) is 4.98 Å². The summed E-state index contributed by atoms with van der Waals surface area (Å²) in [7, 11) is 0. The molecule has 0 amide bonds. The molecule has 3 heterocycles. The fourth-order valence-corrected chi connectivity index (χ4v) is 1.37. The minimum absolute atomic E-state index is 0.209. The highest BCUT2D eigenvalue weighted by Crippen LogP contribution is 2.01. The summed E-state index contributed by atoms with van der Waals surface area (Å²) in [5, 5.41) is 9.88. The normalized spacial score (nSPS) is 11.1. The number of aromatic amines is 1.